The van der Waals surface area contributed by atoms with Gasteiger partial charge in [0.25, 0.3) is 10.0 Å². The third kappa shape index (κ3) is 6.24. The van der Waals surface area contributed by atoms with Gasteiger partial charge < -0.3 is 22.4 Å². The van der Waals surface area contributed by atoms with Crippen molar-refractivity contribution >= 4 is 38.9 Å². The summed E-state index contributed by atoms with van der Waals surface area (Å²) in [5.41, 5.74) is 1.19. The van der Waals surface area contributed by atoms with Gasteiger partial charge >= 0.3 is 0 Å². The number of nitrogens with zero attached hydrogens (tertiary/aromatic N) is 1. The number of quaternary nitrogens is 1. The normalized spacial score (nSPS) is 12.6. The minimum absolute atomic E-state index is 0. The van der Waals surface area contributed by atoms with Crippen molar-refractivity contribution in [2.75, 3.05) is 31.5 Å². The molecule has 0 heterocycles. The lowest BCUT2D eigenvalue weighted by atomic mass is 10.2. The van der Waals surface area contributed by atoms with Gasteiger partial charge in [-0.2, -0.15) is 0 Å². The van der Waals surface area contributed by atoms with Crippen molar-refractivity contribution in [1.82, 2.24) is 0 Å². The van der Waals surface area contributed by atoms with Crippen LogP contribution in [0.15, 0.2) is 47.4 Å². The molecule has 0 spiro atoms. The number of aliphatic hydroxyl groups excluding tert-OH is 1. The Kier molecular flexibility index (Phi) is 8.86. The molecule has 0 aliphatic carbocycles. The first-order valence-corrected chi connectivity index (χ1v) is 10.3. The van der Waals surface area contributed by atoms with E-state index in [4.69, 9.17) is 23.2 Å². The molecule has 0 fully saturated rings. The van der Waals surface area contributed by atoms with Crippen LogP contribution in [0.4, 0.5) is 5.69 Å². The number of hydrogen-bond acceptors (Lipinski definition) is 3. The second-order valence-corrected chi connectivity index (χ2v) is 9.22. The molecule has 9 heteroatoms. The SMILES string of the molecule is Cc1ccc(S(=O)(=O)N(CC(O)C[NH+](C)C)c2cc(Cl)ccc2Cl)cc1.[Cl-]. The molecule has 0 radical (unpaired) electrons. The summed E-state index contributed by atoms with van der Waals surface area (Å²) < 4.78 is 27.6. The Morgan fingerprint density at radius 1 is 1.11 bits per heavy atom. The molecule has 2 aromatic carbocycles. The molecule has 2 aromatic rings. The van der Waals surface area contributed by atoms with Crippen molar-refractivity contribution in [3.8, 4) is 0 Å². The van der Waals surface area contributed by atoms with E-state index in [2.05, 4.69) is 0 Å². The zero-order valence-corrected chi connectivity index (χ0v) is 18.4. The molecule has 0 aliphatic heterocycles. The Morgan fingerprint density at radius 2 is 1.70 bits per heavy atom. The fourth-order valence-corrected chi connectivity index (χ4v) is 4.52. The third-order valence-electron chi connectivity index (χ3n) is 3.81. The van der Waals surface area contributed by atoms with E-state index in [0.29, 0.717) is 11.6 Å². The highest BCUT2D eigenvalue weighted by Gasteiger charge is 2.29. The van der Waals surface area contributed by atoms with Crippen molar-refractivity contribution in [2.24, 2.45) is 0 Å². The van der Waals surface area contributed by atoms with Gasteiger partial charge in [-0.1, -0.05) is 40.9 Å². The van der Waals surface area contributed by atoms with Gasteiger partial charge in [0, 0.05) is 5.02 Å². The maximum atomic E-state index is 13.2. The van der Waals surface area contributed by atoms with Gasteiger partial charge in [0.2, 0.25) is 0 Å². The summed E-state index contributed by atoms with van der Waals surface area (Å²) in [7, 11) is -0.153. The zero-order valence-electron chi connectivity index (χ0n) is 15.3. The Morgan fingerprint density at radius 3 is 2.26 bits per heavy atom. The van der Waals surface area contributed by atoms with Crippen molar-refractivity contribution in [3.63, 3.8) is 0 Å². The van der Waals surface area contributed by atoms with Crippen LogP contribution in [0.3, 0.4) is 0 Å². The van der Waals surface area contributed by atoms with E-state index in [1.165, 1.54) is 6.07 Å². The maximum Gasteiger partial charge on any atom is 0.264 e. The fraction of sp³-hybridized carbons (Fsp3) is 0.333. The molecule has 0 aromatic heterocycles. The second kappa shape index (κ2) is 9.96. The minimum atomic E-state index is -3.92. The summed E-state index contributed by atoms with van der Waals surface area (Å²) in [6, 6.07) is 11.2. The summed E-state index contributed by atoms with van der Waals surface area (Å²) in [6.07, 6.45) is -0.865. The maximum absolute atomic E-state index is 13.2. The van der Waals surface area contributed by atoms with Crippen LogP contribution in [-0.2, 0) is 10.0 Å². The predicted molar refractivity (Wildman–Crippen MR) is 106 cm³/mol. The van der Waals surface area contributed by atoms with E-state index in [1.54, 1.807) is 36.4 Å². The number of sulfonamides is 1. The van der Waals surface area contributed by atoms with Crippen molar-refractivity contribution in [3.05, 3.63) is 58.1 Å². The number of nitrogens with one attached hydrogen (secondary N) is 1. The van der Waals surface area contributed by atoms with Crippen LogP contribution in [0.2, 0.25) is 10.0 Å². The van der Waals surface area contributed by atoms with Crippen LogP contribution in [0.25, 0.3) is 0 Å². The van der Waals surface area contributed by atoms with E-state index in [0.717, 1.165) is 14.8 Å². The van der Waals surface area contributed by atoms with E-state index in [-0.39, 0.29) is 34.6 Å². The van der Waals surface area contributed by atoms with Crippen LogP contribution in [0.1, 0.15) is 5.56 Å². The molecule has 2 rings (SSSR count). The molecule has 0 bridgehead atoms. The number of anilines is 1. The van der Waals surface area contributed by atoms with Crippen LogP contribution in [0, 0.1) is 6.92 Å². The number of benzene rings is 2. The van der Waals surface area contributed by atoms with Crippen molar-refractivity contribution in [1.29, 1.82) is 0 Å². The van der Waals surface area contributed by atoms with Crippen molar-refractivity contribution < 1.29 is 30.8 Å². The predicted octanol–water partition coefficient (Wildman–Crippen LogP) is -0.993. The van der Waals surface area contributed by atoms with Crippen LogP contribution in [0.5, 0.6) is 0 Å². The standard InChI is InChI=1S/C18H22Cl2N2O3S.ClH/c1-13-4-7-16(8-5-13)26(24,25)22(12-15(23)11-21(2)3)18-10-14(19)6-9-17(18)20;/h4-10,15,23H,11-12H2,1-3H3;1H. The molecular formula is C18H23Cl3N2O3S. The minimum Gasteiger partial charge on any atom is -1.00 e. The first-order valence-electron chi connectivity index (χ1n) is 8.13. The van der Waals surface area contributed by atoms with Crippen LogP contribution >= 0.6 is 23.2 Å². The number of hydrogen-bond donors (Lipinski definition) is 2. The van der Waals surface area contributed by atoms with Gasteiger partial charge in [0.05, 0.1) is 36.2 Å². The fourth-order valence-electron chi connectivity index (χ4n) is 2.57. The molecular weight excluding hydrogens is 431 g/mol. The highest BCUT2D eigenvalue weighted by Crippen LogP contribution is 2.33. The smallest absolute Gasteiger partial charge is 0.264 e. The summed E-state index contributed by atoms with van der Waals surface area (Å²) in [6.45, 7) is 2.14. The molecule has 0 saturated heterocycles. The van der Waals surface area contributed by atoms with Gasteiger partial charge in [-0.3, -0.25) is 4.31 Å². The number of halogens is 3. The lowest BCUT2D eigenvalue weighted by Gasteiger charge is -2.28. The highest BCUT2D eigenvalue weighted by atomic mass is 35.5. The molecule has 5 nitrogen and oxygen atoms in total. The molecule has 0 aliphatic rings. The van der Waals surface area contributed by atoms with Gasteiger partial charge in [-0.05, 0) is 37.3 Å². The van der Waals surface area contributed by atoms with E-state index >= 15 is 0 Å². The Bertz CT molecular complexity index is 859. The highest BCUT2D eigenvalue weighted by molar-refractivity contribution is 7.92. The molecule has 0 saturated carbocycles. The Balaban J connectivity index is 0.00000364. The monoisotopic (exact) mass is 452 g/mol. The lowest BCUT2D eigenvalue weighted by Crippen LogP contribution is -3.07. The largest absolute Gasteiger partial charge is 1.00 e. The van der Waals surface area contributed by atoms with Gasteiger partial charge in [0.15, 0.2) is 0 Å². The third-order valence-corrected chi connectivity index (χ3v) is 6.15. The van der Waals surface area contributed by atoms with Gasteiger partial charge in [0.1, 0.15) is 12.6 Å². The zero-order chi connectivity index (χ0) is 19.5. The molecule has 2 N–H and O–H groups in total. The van der Waals surface area contributed by atoms with Crippen LogP contribution in [-0.4, -0.2) is 46.8 Å². The topological polar surface area (TPSA) is 62.0 Å². The second-order valence-electron chi connectivity index (χ2n) is 6.51. The molecule has 150 valence electrons. The number of aliphatic hydroxyl groups is 1. The first-order chi connectivity index (χ1) is 12.1. The number of likely N-dealkylation sites (N-methyl/N-ethyl adjacent to an activating group) is 1. The summed E-state index contributed by atoms with van der Waals surface area (Å²) in [5, 5.41) is 11.0. The average Bonchev–Trinajstić information content (AvgIpc) is 2.54. The number of aryl methyl sites for hydroxylation is 1. The van der Waals surface area contributed by atoms with E-state index < -0.39 is 16.1 Å². The average molecular weight is 454 g/mol. The summed E-state index contributed by atoms with van der Waals surface area (Å²) in [5.74, 6) is 0. The first kappa shape index (κ1) is 24.0. The lowest BCUT2D eigenvalue weighted by molar-refractivity contribution is -0.861. The summed E-state index contributed by atoms with van der Waals surface area (Å²) >= 11 is 12.3. The van der Waals surface area contributed by atoms with Gasteiger partial charge in [-0.25, -0.2) is 8.42 Å². The molecule has 1 unspecified atom stereocenters. The van der Waals surface area contributed by atoms with E-state index in [1.807, 2.05) is 21.0 Å². The number of rotatable bonds is 7. The Labute approximate surface area is 177 Å². The molecule has 27 heavy (non-hydrogen) atoms. The van der Waals surface area contributed by atoms with E-state index in [9.17, 15) is 13.5 Å². The van der Waals surface area contributed by atoms with Crippen molar-refractivity contribution in [2.45, 2.75) is 17.9 Å². The quantitative estimate of drug-likeness (QED) is 0.566. The molecule has 1 atom stereocenters. The van der Waals surface area contributed by atoms with Gasteiger partial charge in [-0.15, -0.1) is 0 Å². The van der Waals surface area contributed by atoms with Crippen LogP contribution < -0.4 is 21.6 Å². The Hall–Kier alpha value is -1.02. The molecule has 0 amide bonds. The summed E-state index contributed by atoms with van der Waals surface area (Å²) in [4.78, 5) is 1.13.